The first-order chi connectivity index (χ1) is 11.6. The minimum Gasteiger partial charge on any atom is -0.464 e. The van der Waals surface area contributed by atoms with Gasteiger partial charge < -0.3 is 14.5 Å². The minimum atomic E-state index is -0.440. The van der Waals surface area contributed by atoms with E-state index in [0.717, 1.165) is 25.5 Å². The van der Waals surface area contributed by atoms with E-state index in [1.165, 1.54) is 24.7 Å². The van der Waals surface area contributed by atoms with Gasteiger partial charge in [0.15, 0.2) is 5.69 Å². The second kappa shape index (κ2) is 6.86. The van der Waals surface area contributed by atoms with Gasteiger partial charge in [0.25, 0.3) is 0 Å². The number of esters is 1. The summed E-state index contributed by atoms with van der Waals surface area (Å²) >= 11 is 0. The maximum absolute atomic E-state index is 11.7. The highest BCUT2D eigenvalue weighted by atomic mass is 16.5. The van der Waals surface area contributed by atoms with Crippen molar-refractivity contribution in [3.63, 3.8) is 0 Å². The highest BCUT2D eigenvalue weighted by molar-refractivity contribution is 5.87. The van der Waals surface area contributed by atoms with Crippen LogP contribution in [0.3, 0.4) is 0 Å². The van der Waals surface area contributed by atoms with Crippen LogP contribution in [0.25, 0.3) is 0 Å². The summed E-state index contributed by atoms with van der Waals surface area (Å²) in [5, 5.41) is 0. The maximum Gasteiger partial charge on any atom is 0.356 e. The van der Waals surface area contributed by atoms with E-state index in [2.05, 4.69) is 57.9 Å². The van der Waals surface area contributed by atoms with Crippen LogP contribution >= 0.6 is 0 Å². The first-order valence-electron chi connectivity index (χ1n) is 8.07. The monoisotopic (exact) mass is 326 g/mol. The van der Waals surface area contributed by atoms with Crippen LogP contribution < -0.4 is 9.80 Å². The molecule has 0 bridgehead atoms. The van der Waals surface area contributed by atoms with Crippen molar-refractivity contribution in [2.24, 2.45) is 0 Å². The molecule has 0 amide bonds. The summed E-state index contributed by atoms with van der Waals surface area (Å²) in [4.78, 5) is 24.6. The van der Waals surface area contributed by atoms with Gasteiger partial charge in [0.2, 0.25) is 0 Å². The van der Waals surface area contributed by atoms with Gasteiger partial charge in [0, 0.05) is 37.4 Å². The summed E-state index contributed by atoms with van der Waals surface area (Å²) in [5.41, 5.74) is 2.85. The highest BCUT2D eigenvalue weighted by Crippen LogP contribution is 2.25. The van der Waals surface area contributed by atoms with Gasteiger partial charge in [-0.3, -0.25) is 0 Å². The highest BCUT2D eigenvalue weighted by Gasteiger charge is 2.26. The molecule has 1 aromatic carbocycles. The average molecular weight is 326 g/mol. The van der Waals surface area contributed by atoms with Crippen LogP contribution in [-0.4, -0.2) is 48.7 Å². The van der Waals surface area contributed by atoms with E-state index in [9.17, 15) is 4.79 Å². The van der Waals surface area contributed by atoms with Gasteiger partial charge in [0.1, 0.15) is 12.1 Å². The van der Waals surface area contributed by atoms with Gasteiger partial charge in [0.05, 0.1) is 7.11 Å². The van der Waals surface area contributed by atoms with E-state index in [4.69, 9.17) is 4.74 Å². The summed E-state index contributed by atoms with van der Waals surface area (Å²) < 4.78 is 4.74. The quantitative estimate of drug-likeness (QED) is 0.807. The Kier molecular flexibility index (Phi) is 4.64. The smallest absolute Gasteiger partial charge is 0.356 e. The SMILES string of the molecule is COC(=O)c1cc(N2CCN(c3ccccc3C)CC2C)ncn1. The number of nitrogens with zero attached hydrogens (tertiary/aromatic N) is 4. The van der Waals surface area contributed by atoms with Crippen LogP contribution in [0.5, 0.6) is 0 Å². The number of rotatable bonds is 3. The Bertz CT molecular complexity index is 734. The number of aromatic nitrogens is 2. The van der Waals surface area contributed by atoms with Crippen molar-refractivity contribution >= 4 is 17.5 Å². The standard InChI is InChI=1S/C18H22N4O2/c1-13-6-4-5-7-16(13)21-8-9-22(14(2)11-21)17-10-15(18(23)24-3)19-12-20-17/h4-7,10,12,14H,8-9,11H2,1-3H3. The van der Waals surface area contributed by atoms with Crippen LogP contribution in [0.1, 0.15) is 23.0 Å². The molecule has 0 saturated carbocycles. The summed E-state index contributed by atoms with van der Waals surface area (Å²) in [6.07, 6.45) is 1.42. The van der Waals surface area contributed by atoms with Crippen LogP contribution in [-0.2, 0) is 4.74 Å². The zero-order chi connectivity index (χ0) is 17.1. The van der Waals surface area contributed by atoms with Crippen LogP contribution in [0, 0.1) is 6.92 Å². The number of carbonyl (C=O) groups is 1. The minimum absolute atomic E-state index is 0.277. The van der Waals surface area contributed by atoms with Crippen LogP contribution in [0.15, 0.2) is 36.7 Å². The number of anilines is 2. The summed E-state index contributed by atoms with van der Waals surface area (Å²) in [6.45, 7) is 6.96. The van der Waals surface area contributed by atoms with Crippen molar-refractivity contribution < 1.29 is 9.53 Å². The first kappa shape index (κ1) is 16.2. The summed E-state index contributed by atoms with van der Waals surface area (Å²) in [7, 11) is 1.35. The molecule has 6 heteroatoms. The molecule has 1 atom stereocenters. The van der Waals surface area contributed by atoms with Gasteiger partial charge in [-0.25, -0.2) is 14.8 Å². The van der Waals surface area contributed by atoms with Gasteiger partial charge in [-0.15, -0.1) is 0 Å². The molecule has 1 saturated heterocycles. The fraction of sp³-hybridized carbons (Fsp3) is 0.389. The van der Waals surface area contributed by atoms with Crippen LogP contribution in [0.4, 0.5) is 11.5 Å². The molecule has 6 nitrogen and oxygen atoms in total. The number of ether oxygens (including phenoxy) is 1. The number of hydrogen-bond acceptors (Lipinski definition) is 6. The Hall–Kier alpha value is -2.63. The molecule has 1 aliphatic heterocycles. The van der Waals surface area contributed by atoms with E-state index in [1.807, 2.05) is 0 Å². The number of aryl methyl sites for hydroxylation is 1. The summed E-state index contributed by atoms with van der Waals surface area (Å²) in [5.74, 6) is 0.326. The number of para-hydroxylation sites is 1. The van der Waals surface area contributed by atoms with Crippen molar-refractivity contribution in [1.82, 2.24) is 9.97 Å². The maximum atomic E-state index is 11.7. The molecule has 0 aliphatic carbocycles. The largest absolute Gasteiger partial charge is 0.464 e. The molecule has 1 fully saturated rings. The van der Waals surface area contributed by atoms with E-state index >= 15 is 0 Å². The second-order valence-corrected chi connectivity index (χ2v) is 6.03. The fourth-order valence-electron chi connectivity index (χ4n) is 3.16. The van der Waals surface area contributed by atoms with Crippen molar-refractivity contribution in [2.75, 3.05) is 36.5 Å². The topological polar surface area (TPSA) is 58.6 Å². The number of hydrogen-bond donors (Lipinski definition) is 0. The lowest BCUT2D eigenvalue weighted by atomic mass is 10.1. The Morgan fingerprint density at radius 2 is 2.04 bits per heavy atom. The van der Waals surface area contributed by atoms with E-state index in [0.29, 0.717) is 0 Å². The van der Waals surface area contributed by atoms with Gasteiger partial charge >= 0.3 is 5.97 Å². The number of piperazine rings is 1. The third-order valence-corrected chi connectivity index (χ3v) is 4.43. The molecule has 1 aromatic heterocycles. The molecular formula is C18H22N4O2. The Balaban J connectivity index is 1.77. The molecule has 0 N–H and O–H groups in total. The Morgan fingerprint density at radius 1 is 1.25 bits per heavy atom. The first-order valence-corrected chi connectivity index (χ1v) is 8.07. The van der Waals surface area contributed by atoms with Crippen molar-refractivity contribution in [1.29, 1.82) is 0 Å². The molecule has 2 heterocycles. The van der Waals surface area contributed by atoms with Gasteiger partial charge in [-0.2, -0.15) is 0 Å². The number of carbonyl (C=O) groups excluding carboxylic acids is 1. The van der Waals surface area contributed by atoms with E-state index in [-0.39, 0.29) is 11.7 Å². The lowest BCUT2D eigenvalue weighted by Gasteiger charge is -2.42. The van der Waals surface area contributed by atoms with Crippen molar-refractivity contribution in [3.8, 4) is 0 Å². The Labute approximate surface area is 142 Å². The molecule has 2 aromatic rings. The zero-order valence-electron chi connectivity index (χ0n) is 14.3. The van der Waals surface area contributed by atoms with E-state index in [1.54, 1.807) is 6.07 Å². The Morgan fingerprint density at radius 3 is 2.75 bits per heavy atom. The fourth-order valence-corrected chi connectivity index (χ4v) is 3.16. The molecule has 0 spiro atoms. The molecular weight excluding hydrogens is 304 g/mol. The molecule has 3 rings (SSSR count). The predicted molar refractivity (Wildman–Crippen MR) is 93.6 cm³/mol. The predicted octanol–water partition coefficient (Wildman–Crippen LogP) is 2.29. The number of methoxy groups -OCH3 is 1. The van der Waals surface area contributed by atoms with Crippen LogP contribution in [0.2, 0.25) is 0 Å². The second-order valence-electron chi connectivity index (χ2n) is 6.03. The van der Waals surface area contributed by atoms with Crippen molar-refractivity contribution in [3.05, 3.63) is 47.9 Å². The lowest BCUT2D eigenvalue weighted by Crippen LogP contribution is -2.52. The molecule has 1 unspecified atom stereocenters. The molecule has 24 heavy (non-hydrogen) atoms. The van der Waals surface area contributed by atoms with Gasteiger partial charge in [-0.1, -0.05) is 18.2 Å². The lowest BCUT2D eigenvalue weighted by molar-refractivity contribution is 0.0594. The summed E-state index contributed by atoms with van der Waals surface area (Å²) in [6, 6.07) is 10.4. The normalized spacial score (nSPS) is 17.7. The third kappa shape index (κ3) is 3.18. The third-order valence-electron chi connectivity index (χ3n) is 4.43. The van der Waals surface area contributed by atoms with E-state index < -0.39 is 5.97 Å². The average Bonchev–Trinajstić information content (AvgIpc) is 2.61. The zero-order valence-corrected chi connectivity index (χ0v) is 14.3. The van der Waals surface area contributed by atoms with Gasteiger partial charge in [-0.05, 0) is 25.5 Å². The number of benzene rings is 1. The van der Waals surface area contributed by atoms with Crippen molar-refractivity contribution in [2.45, 2.75) is 19.9 Å². The molecule has 126 valence electrons. The molecule has 1 aliphatic rings. The molecule has 0 radical (unpaired) electrons.